The van der Waals surface area contributed by atoms with Crippen LogP contribution in [0.5, 0.6) is 5.75 Å². The van der Waals surface area contributed by atoms with E-state index in [4.69, 9.17) is 10.5 Å². The van der Waals surface area contributed by atoms with Gasteiger partial charge in [-0.3, -0.25) is 9.59 Å². The summed E-state index contributed by atoms with van der Waals surface area (Å²) >= 11 is 2.76. The van der Waals surface area contributed by atoms with Crippen molar-refractivity contribution in [2.24, 2.45) is 5.73 Å². The standard InChI is InChI=1S/C17H17N5O3S2.BrH/c1-8-14(27-17(19-8)20-9(2)23)12-7-26-16(22-12)21-11-6-10(15(18)24)4-5-13(11)25-3;/h4-7H,1-3H3,(H2,18,24)(H,21,22)(H,19,20,23);1H. The van der Waals surface area contributed by atoms with Gasteiger partial charge in [-0.2, -0.15) is 0 Å². The molecule has 0 saturated heterocycles. The summed E-state index contributed by atoms with van der Waals surface area (Å²) in [5.41, 5.74) is 7.84. The number of amides is 2. The van der Waals surface area contributed by atoms with Crippen LogP contribution in [0.4, 0.5) is 16.0 Å². The summed E-state index contributed by atoms with van der Waals surface area (Å²) in [6.45, 7) is 3.30. The summed E-state index contributed by atoms with van der Waals surface area (Å²) in [7, 11) is 1.54. The van der Waals surface area contributed by atoms with Crippen molar-refractivity contribution in [2.45, 2.75) is 13.8 Å². The smallest absolute Gasteiger partial charge is 0.248 e. The molecular weight excluding hydrogens is 466 g/mol. The lowest BCUT2D eigenvalue weighted by molar-refractivity contribution is -0.114. The number of methoxy groups -OCH3 is 1. The topological polar surface area (TPSA) is 119 Å². The van der Waals surface area contributed by atoms with Gasteiger partial charge in [-0.15, -0.1) is 28.3 Å². The normalized spacial score (nSPS) is 10.1. The van der Waals surface area contributed by atoms with Crippen LogP contribution in [0.2, 0.25) is 0 Å². The number of hydrogen-bond donors (Lipinski definition) is 3. The quantitative estimate of drug-likeness (QED) is 0.487. The Kier molecular flexibility index (Phi) is 7.11. The number of ether oxygens (including phenoxy) is 1. The molecule has 148 valence electrons. The van der Waals surface area contributed by atoms with E-state index in [1.807, 2.05) is 12.3 Å². The molecule has 0 bridgehead atoms. The third-order valence-corrected chi connectivity index (χ3v) is 5.40. The van der Waals surface area contributed by atoms with Gasteiger partial charge in [-0.1, -0.05) is 11.3 Å². The molecule has 4 N–H and O–H groups in total. The SMILES string of the molecule is Br.COc1ccc(C(N)=O)cc1Nc1nc(-c2sc(NC(C)=O)nc2C)cs1. The van der Waals surface area contributed by atoms with Gasteiger partial charge in [-0.25, -0.2) is 9.97 Å². The van der Waals surface area contributed by atoms with Crippen molar-refractivity contribution in [3.05, 3.63) is 34.8 Å². The van der Waals surface area contributed by atoms with Crippen LogP contribution in [0, 0.1) is 6.92 Å². The zero-order valence-corrected chi connectivity index (χ0v) is 18.6. The third-order valence-electron chi connectivity index (χ3n) is 3.54. The van der Waals surface area contributed by atoms with E-state index in [9.17, 15) is 9.59 Å². The van der Waals surface area contributed by atoms with Crippen LogP contribution in [0.15, 0.2) is 23.6 Å². The zero-order valence-electron chi connectivity index (χ0n) is 15.2. The fraction of sp³-hybridized carbons (Fsp3) is 0.176. The number of thiazole rings is 2. The first-order valence-corrected chi connectivity index (χ1v) is 9.52. The lowest BCUT2D eigenvalue weighted by Crippen LogP contribution is -2.11. The molecule has 2 amide bonds. The Morgan fingerprint density at radius 1 is 1.21 bits per heavy atom. The molecule has 28 heavy (non-hydrogen) atoms. The van der Waals surface area contributed by atoms with Gasteiger partial charge in [0.05, 0.1) is 29.1 Å². The van der Waals surface area contributed by atoms with Gasteiger partial charge in [0.15, 0.2) is 10.3 Å². The number of nitrogens with zero attached hydrogens (tertiary/aromatic N) is 2. The Labute approximate surface area is 179 Å². The maximum absolute atomic E-state index is 11.4. The van der Waals surface area contributed by atoms with E-state index in [1.54, 1.807) is 25.3 Å². The first kappa shape index (κ1) is 21.8. The van der Waals surface area contributed by atoms with Crippen LogP contribution in [0.25, 0.3) is 10.6 Å². The number of hydrogen-bond acceptors (Lipinski definition) is 8. The Hall–Kier alpha value is -2.50. The summed E-state index contributed by atoms with van der Waals surface area (Å²) in [5, 5.41) is 8.89. The van der Waals surface area contributed by atoms with Gasteiger partial charge >= 0.3 is 0 Å². The number of aryl methyl sites for hydroxylation is 1. The molecule has 0 atom stereocenters. The fourth-order valence-electron chi connectivity index (χ4n) is 2.35. The highest BCUT2D eigenvalue weighted by Gasteiger charge is 2.15. The lowest BCUT2D eigenvalue weighted by Gasteiger charge is -2.10. The van der Waals surface area contributed by atoms with Crippen molar-refractivity contribution in [3.8, 4) is 16.3 Å². The summed E-state index contributed by atoms with van der Waals surface area (Å²) in [5.74, 6) is -0.123. The Morgan fingerprint density at radius 2 is 1.96 bits per heavy atom. The van der Waals surface area contributed by atoms with Crippen LogP contribution in [-0.2, 0) is 4.79 Å². The van der Waals surface area contributed by atoms with Gasteiger partial charge in [-0.05, 0) is 25.1 Å². The summed E-state index contributed by atoms with van der Waals surface area (Å²) in [6.07, 6.45) is 0. The highest BCUT2D eigenvalue weighted by molar-refractivity contribution is 8.93. The number of aromatic nitrogens is 2. The second kappa shape index (κ2) is 9.13. The molecule has 0 aliphatic heterocycles. The number of halogens is 1. The number of benzene rings is 1. The van der Waals surface area contributed by atoms with Gasteiger partial charge in [0.2, 0.25) is 11.8 Å². The van der Waals surface area contributed by atoms with Crippen molar-refractivity contribution in [1.82, 2.24) is 9.97 Å². The first-order valence-electron chi connectivity index (χ1n) is 7.83. The van der Waals surface area contributed by atoms with Gasteiger partial charge in [0.25, 0.3) is 0 Å². The molecule has 11 heteroatoms. The lowest BCUT2D eigenvalue weighted by atomic mass is 10.2. The maximum atomic E-state index is 11.4. The highest BCUT2D eigenvalue weighted by atomic mass is 79.9. The van der Waals surface area contributed by atoms with Crippen molar-refractivity contribution in [3.63, 3.8) is 0 Å². The van der Waals surface area contributed by atoms with Crippen LogP contribution < -0.4 is 21.1 Å². The largest absolute Gasteiger partial charge is 0.495 e. The number of nitrogens with two attached hydrogens (primary N) is 1. The van der Waals surface area contributed by atoms with Gasteiger partial charge < -0.3 is 21.1 Å². The van der Waals surface area contributed by atoms with E-state index >= 15 is 0 Å². The number of primary amides is 1. The van der Waals surface area contributed by atoms with Crippen LogP contribution in [-0.4, -0.2) is 28.9 Å². The predicted molar refractivity (Wildman–Crippen MR) is 117 cm³/mol. The van der Waals surface area contributed by atoms with Crippen molar-refractivity contribution in [1.29, 1.82) is 0 Å². The molecule has 3 aromatic rings. The van der Waals surface area contributed by atoms with E-state index in [0.29, 0.717) is 27.3 Å². The molecular formula is C17H18BrN5O3S2. The molecule has 0 aliphatic carbocycles. The molecule has 0 unspecified atom stereocenters. The van der Waals surface area contributed by atoms with Crippen molar-refractivity contribution >= 4 is 67.4 Å². The van der Waals surface area contributed by atoms with E-state index in [2.05, 4.69) is 20.6 Å². The Balaban J connectivity index is 0.00000280. The molecule has 0 radical (unpaired) electrons. The van der Waals surface area contributed by atoms with Crippen LogP contribution in [0.1, 0.15) is 23.0 Å². The first-order chi connectivity index (χ1) is 12.9. The average molecular weight is 484 g/mol. The van der Waals surface area contributed by atoms with Crippen LogP contribution >= 0.6 is 39.7 Å². The number of rotatable bonds is 6. The van der Waals surface area contributed by atoms with Gasteiger partial charge in [0, 0.05) is 17.9 Å². The van der Waals surface area contributed by atoms with E-state index in [-0.39, 0.29) is 22.9 Å². The highest BCUT2D eigenvalue weighted by Crippen LogP contribution is 2.36. The molecule has 1 aromatic carbocycles. The monoisotopic (exact) mass is 483 g/mol. The molecule has 0 fully saturated rings. The molecule has 3 rings (SSSR count). The summed E-state index contributed by atoms with van der Waals surface area (Å²) < 4.78 is 5.32. The minimum Gasteiger partial charge on any atom is -0.495 e. The fourth-order valence-corrected chi connectivity index (χ4v) is 4.11. The molecule has 0 spiro atoms. The van der Waals surface area contributed by atoms with E-state index in [1.165, 1.54) is 29.6 Å². The van der Waals surface area contributed by atoms with E-state index < -0.39 is 5.91 Å². The minimum atomic E-state index is -0.522. The second-order valence-corrected chi connectivity index (χ2v) is 7.41. The number of carbonyl (C=O) groups excluding carboxylic acids is 2. The van der Waals surface area contributed by atoms with Gasteiger partial charge in [0.1, 0.15) is 5.75 Å². The number of carbonyl (C=O) groups is 2. The molecule has 2 aromatic heterocycles. The predicted octanol–water partition coefficient (Wildman–Crippen LogP) is 3.96. The molecule has 8 nitrogen and oxygen atoms in total. The van der Waals surface area contributed by atoms with Crippen molar-refractivity contribution in [2.75, 3.05) is 17.7 Å². The summed E-state index contributed by atoms with van der Waals surface area (Å²) in [6, 6.07) is 4.89. The molecule has 0 aliphatic rings. The minimum absolute atomic E-state index is 0. The van der Waals surface area contributed by atoms with Crippen molar-refractivity contribution < 1.29 is 14.3 Å². The van der Waals surface area contributed by atoms with Crippen LogP contribution in [0.3, 0.4) is 0 Å². The molecule has 0 saturated carbocycles. The zero-order chi connectivity index (χ0) is 19.6. The maximum Gasteiger partial charge on any atom is 0.248 e. The summed E-state index contributed by atoms with van der Waals surface area (Å²) in [4.78, 5) is 32.4. The average Bonchev–Trinajstić information content (AvgIpc) is 3.20. The Bertz CT molecular complexity index is 1020. The Morgan fingerprint density at radius 3 is 2.61 bits per heavy atom. The number of anilines is 3. The number of nitrogens with one attached hydrogen (secondary N) is 2. The molecule has 2 heterocycles. The van der Waals surface area contributed by atoms with E-state index in [0.717, 1.165) is 16.3 Å². The third kappa shape index (κ3) is 4.86. The second-order valence-electron chi connectivity index (χ2n) is 5.56.